The molecule has 0 aliphatic heterocycles. The summed E-state index contributed by atoms with van der Waals surface area (Å²) in [4.78, 5) is 34.1. The highest BCUT2D eigenvalue weighted by atomic mass is 16.6. The number of carbonyl (C=O) groups excluding carboxylic acids is 3. The number of ether oxygens (including phenoxy) is 3. The molecule has 114 valence electrons. The van der Waals surface area contributed by atoms with Crippen molar-refractivity contribution in [3.05, 3.63) is 12.2 Å². The van der Waals surface area contributed by atoms with Crippen LogP contribution in [0.1, 0.15) is 33.6 Å². The summed E-state index contributed by atoms with van der Waals surface area (Å²) in [5.41, 5.74) is 0.623. The van der Waals surface area contributed by atoms with E-state index < -0.39 is 17.9 Å². The molecule has 6 heteroatoms. The van der Waals surface area contributed by atoms with E-state index >= 15 is 0 Å². The van der Waals surface area contributed by atoms with Gasteiger partial charge in [0.05, 0.1) is 19.8 Å². The predicted molar refractivity (Wildman–Crippen MR) is 71.8 cm³/mol. The summed E-state index contributed by atoms with van der Waals surface area (Å²) in [6.07, 6.45) is 0.508. The third-order valence-corrected chi connectivity index (χ3v) is 2.40. The van der Waals surface area contributed by atoms with E-state index in [1.54, 1.807) is 13.8 Å². The monoisotopic (exact) mass is 286 g/mol. The van der Waals surface area contributed by atoms with Crippen LogP contribution in [0.25, 0.3) is 0 Å². The van der Waals surface area contributed by atoms with Gasteiger partial charge in [-0.1, -0.05) is 12.2 Å². The van der Waals surface area contributed by atoms with Crippen molar-refractivity contribution in [1.29, 1.82) is 0 Å². The maximum absolute atomic E-state index is 11.7. The number of hydrogen-bond acceptors (Lipinski definition) is 6. The molecule has 0 heterocycles. The van der Waals surface area contributed by atoms with Crippen molar-refractivity contribution in [2.24, 2.45) is 5.92 Å². The summed E-state index contributed by atoms with van der Waals surface area (Å²) in [5.74, 6) is -2.65. The molecule has 20 heavy (non-hydrogen) atoms. The van der Waals surface area contributed by atoms with Gasteiger partial charge >= 0.3 is 17.9 Å². The van der Waals surface area contributed by atoms with Crippen molar-refractivity contribution in [3.8, 4) is 0 Å². The molecule has 0 spiro atoms. The molecule has 0 aliphatic carbocycles. The smallest absolute Gasteiger partial charge is 0.320 e. The highest BCUT2D eigenvalue weighted by molar-refractivity contribution is 5.95. The van der Waals surface area contributed by atoms with Crippen LogP contribution in [0.4, 0.5) is 0 Å². The average Bonchev–Trinajstić information content (AvgIpc) is 2.35. The molecule has 0 radical (unpaired) electrons. The van der Waals surface area contributed by atoms with Gasteiger partial charge in [-0.05, 0) is 20.3 Å². The summed E-state index contributed by atoms with van der Waals surface area (Å²) in [6, 6.07) is 0. The number of hydrogen-bond donors (Lipinski definition) is 0. The van der Waals surface area contributed by atoms with Crippen molar-refractivity contribution in [2.45, 2.75) is 33.6 Å². The van der Waals surface area contributed by atoms with Crippen molar-refractivity contribution in [3.63, 3.8) is 0 Å². The van der Waals surface area contributed by atoms with Crippen LogP contribution < -0.4 is 0 Å². The van der Waals surface area contributed by atoms with E-state index in [-0.39, 0.29) is 32.2 Å². The minimum Gasteiger partial charge on any atom is -0.466 e. The molecule has 0 atom stereocenters. The third kappa shape index (κ3) is 7.56. The maximum atomic E-state index is 11.7. The van der Waals surface area contributed by atoms with Gasteiger partial charge < -0.3 is 14.2 Å². The van der Waals surface area contributed by atoms with Gasteiger partial charge in [0.15, 0.2) is 5.92 Å². The molecule has 0 saturated carbocycles. The Morgan fingerprint density at radius 3 is 1.90 bits per heavy atom. The van der Waals surface area contributed by atoms with Gasteiger partial charge in [0.1, 0.15) is 0 Å². The van der Waals surface area contributed by atoms with Gasteiger partial charge in [-0.3, -0.25) is 14.4 Å². The van der Waals surface area contributed by atoms with E-state index in [2.05, 4.69) is 6.58 Å². The fraction of sp³-hybridized carbons (Fsp3) is 0.643. The molecule has 0 aromatic heterocycles. The molecule has 0 saturated heterocycles. The Kier molecular flexibility index (Phi) is 9.07. The summed E-state index contributed by atoms with van der Waals surface area (Å²) >= 11 is 0. The summed E-state index contributed by atoms with van der Waals surface area (Å²) in [7, 11) is 0. The van der Waals surface area contributed by atoms with Crippen LogP contribution in [0.15, 0.2) is 12.2 Å². The standard InChI is InChI=1S/C14H22O6/c1-5-18-13(16)12(14(17)19-6-2)9-10(3)7-8-20-11(4)15/h12H,3,5-9H2,1-2,4H3. The molecule has 0 amide bonds. The van der Waals surface area contributed by atoms with Crippen molar-refractivity contribution >= 4 is 17.9 Å². The number of esters is 3. The SMILES string of the molecule is C=C(CCOC(C)=O)CC(C(=O)OCC)C(=O)OCC. The van der Waals surface area contributed by atoms with Gasteiger partial charge in [-0.25, -0.2) is 0 Å². The Morgan fingerprint density at radius 1 is 1.00 bits per heavy atom. The lowest BCUT2D eigenvalue weighted by molar-refractivity contribution is -0.161. The average molecular weight is 286 g/mol. The first-order valence-electron chi connectivity index (χ1n) is 6.55. The molecular formula is C14H22O6. The van der Waals surface area contributed by atoms with Crippen molar-refractivity contribution < 1.29 is 28.6 Å². The Bertz CT molecular complexity index is 343. The molecule has 0 unspecified atom stereocenters. The molecule has 0 aliphatic rings. The zero-order chi connectivity index (χ0) is 15.5. The van der Waals surface area contributed by atoms with Gasteiger partial charge in [0, 0.05) is 13.3 Å². The molecule has 0 fully saturated rings. The lowest BCUT2D eigenvalue weighted by Crippen LogP contribution is -2.28. The predicted octanol–water partition coefficient (Wildman–Crippen LogP) is 1.63. The number of rotatable bonds is 9. The summed E-state index contributed by atoms with van der Waals surface area (Å²) < 4.78 is 14.5. The topological polar surface area (TPSA) is 78.9 Å². The van der Waals surface area contributed by atoms with E-state index in [1.165, 1.54) is 6.92 Å². The Morgan fingerprint density at radius 2 is 1.50 bits per heavy atom. The fourth-order valence-electron chi connectivity index (χ4n) is 1.48. The second kappa shape index (κ2) is 10.00. The van der Waals surface area contributed by atoms with E-state index in [4.69, 9.17) is 14.2 Å². The summed E-state index contributed by atoms with van der Waals surface area (Å²) in [5, 5.41) is 0. The van der Waals surface area contributed by atoms with Crippen molar-refractivity contribution in [2.75, 3.05) is 19.8 Å². The molecule has 0 N–H and O–H groups in total. The maximum Gasteiger partial charge on any atom is 0.320 e. The van der Waals surface area contributed by atoms with Crippen LogP contribution in [0.2, 0.25) is 0 Å². The molecule has 6 nitrogen and oxygen atoms in total. The zero-order valence-corrected chi connectivity index (χ0v) is 12.3. The van der Waals surface area contributed by atoms with E-state index in [1.807, 2.05) is 0 Å². The van der Waals surface area contributed by atoms with Crippen LogP contribution in [0, 0.1) is 5.92 Å². The van der Waals surface area contributed by atoms with Crippen LogP contribution in [-0.4, -0.2) is 37.7 Å². The lowest BCUT2D eigenvalue weighted by Gasteiger charge is -2.15. The molecule has 0 aromatic carbocycles. The second-order valence-electron chi connectivity index (χ2n) is 4.10. The van der Waals surface area contributed by atoms with Crippen LogP contribution in [-0.2, 0) is 28.6 Å². The minimum absolute atomic E-state index is 0.124. The zero-order valence-electron chi connectivity index (χ0n) is 12.3. The highest BCUT2D eigenvalue weighted by Crippen LogP contribution is 2.17. The Hall–Kier alpha value is -1.85. The van der Waals surface area contributed by atoms with E-state index in [9.17, 15) is 14.4 Å². The van der Waals surface area contributed by atoms with Crippen LogP contribution in [0.5, 0.6) is 0 Å². The first-order chi connectivity index (χ1) is 9.42. The quantitative estimate of drug-likeness (QED) is 0.277. The largest absolute Gasteiger partial charge is 0.466 e. The van der Waals surface area contributed by atoms with E-state index in [0.29, 0.717) is 12.0 Å². The lowest BCUT2D eigenvalue weighted by atomic mass is 9.98. The number of carbonyl (C=O) groups is 3. The van der Waals surface area contributed by atoms with Crippen molar-refractivity contribution in [1.82, 2.24) is 0 Å². The van der Waals surface area contributed by atoms with Gasteiger partial charge in [-0.2, -0.15) is 0 Å². The normalized spacial score (nSPS) is 10.0. The van der Waals surface area contributed by atoms with Crippen LogP contribution >= 0.6 is 0 Å². The Balaban J connectivity index is 4.47. The first kappa shape index (κ1) is 18.1. The molecule has 0 bridgehead atoms. The van der Waals surface area contributed by atoms with Gasteiger partial charge in [-0.15, -0.1) is 0 Å². The van der Waals surface area contributed by atoms with Crippen LogP contribution in [0.3, 0.4) is 0 Å². The molecule has 0 rings (SSSR count). The minimum atomic E-state index is -1.01. The fourth-order valence-corrected chi connectivity index (χ4v) is 1.48. The molecular weight excluding hydrogens is 264 g/mol. The van der Waals surface area contributed by atoms with Gasteiger partial charge in [0.25, 0.3) is 0 Å². The molecule has 0 aromatic rings. The first-order valence-corrected chi connectivity index (χ1v) is 6.55. The Labute approximate surface area is 119 Å². The third-order valence-electron chi connectivity index (χ3n) is 2.40. The summed E-state index contributed by atoms with van der Waals surface area (Å²) in [6.45, 7) is 8.95. The second-order valence-corrected chi connectivity index (χ2v) is 4.10. The van der Waals surface area contributed by atoms with E-state index in [0.717, 1.165) is 0 Å². The van der Waals surface area contributed by atoms with Gasteiger partial charge in [0.2, 0.25) is 0 Å². The highest BCUT2D eigenvalue weighted by Gasteiger charge is 2.29.